The maximum atomic E-state index is 15.1. The number of amides is 9. The Morgan fingerprint density at radius 3 is 1.76 bits per heavy atom. The van der Waals surface area contributed by atoms with Crippen molar-refractivity contribution in [3.8, 4) is 0 Å². The van der Waals surface area contributed by atoms with Gasteiger partial charge in [-0.2, -0.15) is 4.98 Å². The summed E-state index contributed by atoms with van der Waals surface area (Å²) in [5.74, 6) is -27.1. The van der Waals surface area contributed by atoms with E-state index in [9.17, 15) is 154 Å². The number of fused-ring (bicyclic) bond motifs is 23. The summed E-state index contributed by atoms with van der Waals surface area (Å²) < 4.78 is 12.0. The molecule has 2 aromatic carbocycles. The first-order chi connectivity index (χ1) is 68.2. The van der Waals surface area contributed by atoms with E-state index < -0.39 is 376 Å². The highest BCUT2D eigenvalue weighted by Crippen LogP contribution is 2.29. The molecule has 30 N–H and O–H groups in total. The largest absolute Gasteiger partial charge is 0.481 e. The van der Waals surface area contributed by atoms with Crippen molar-refractivity contribution < 1.29 is 173 Å². The Hall–Kier alpha value is -12.4. The molecule has 0 unspecified atom stereocenters. The van der Waals surface area contributed by atoms with Gasteiger partial charge >= 0.3 is 31.0 Å². The lowest BCUT2D eigenvalue weighted by Gasteiger charge is -2.28. The Morgan fingerprint density at radius 1 is 0.611 bits per heavy atom. The van der Waals surface area contributed by atoms with Gasteiger partial charge in [-0.1, -0.05) is 65.8 Å². The molecule has 53 nitrogen and oxygen atoms in total. The Balaban J connectivity index is 1.15. The number of ketones is 3. The number of aliphatic carboxylic acids is 4. The first kappa shape index (κ1) is 119. The number of anilines is 2. The number of Topliss-reactive ketones (excluding diaryl/α,β-unsaturated/α-hetero) is 3. The predicted octanol–water partition coefficient (Wildman–Crippen LogP) is -7.79. The van der Waals surface area contributed by atoms with E-state index >= 15 is 14.4 Å². The first-order valence-electron chi connectivity index (χ1n) is 45.7. The number of aliphatic hydroxyl groups is 13. The lowest BCUT2D eigenvalue weighted by molar-refractivity contribution is -0.142. The topological polar surface area (TPSA) is 879 Å². The normalized spacial score (nSPS) is 20.8. The Labute approximate surface area is 829 Å². The lowest BCUT2D eigenvalue weighted by atomic mass is 9.74. The molecule has 0 aliphatic carbocycles. The van der Waals surface area contributed by atoms with Gasteiger partial charge in [0.25, 0.3) is 17.4 Å². The zero-order valence-electron chi connectivity index (χ0n) is 78.1. The third kappa shape index (κ3) is 39.0. The Morgan fingerprint density at radius 2 is 1.19 bits per heavy atom. The van der Waals surface area contributed by atoms with E-state index in [1.165, 1.54) is 36.7 Å². The maximum Gasteiger partial charge on any atom is 0.481 e. The fraction of sp³-hybridized carbons (Fsp3) is 0.568. The summed E-state index contributed by atoms with van der Waals surface area (Å²) in [4.78, 5) is 258. The minimum atomic E-state index is -2.24. The van der Waals surface area contributed by atoms with Crippen LogP contribution in [0, 0.1) is 23.7 Å². The molecule has 9 amide bonds. The summed E-state index contributed by atoms with van der Waals surface area (Å²) >= 11 is 0. The fourth-order valence-corrected chi connectivity index (χ4v) is 16.9. The molecule has 1 fully saturated rings. The number of nitrogens with two attached hydrogens (primary N) is 1. The molecule has 790 valence electrons. The maximum absolute atomic E-state index is 15.1. The van der Waals surface area contributed by atoms with E-state index in [4.69, 9.17) is 15.0 Å². The molecular weight excluding hydrogens is 1950 g/mol. The van der Waals surface area contributed by atoms with E-state index in [-0.39, 0.29) is 70.8 Å². The summed E-state index contributed by atoms with van der Waals surface area (Å²) in [5, 5.41) is 200. The number of H-pyrrole nitrogens is 1. The molecule has 1 saturated heterocycles. The molecule has 3 aromatic heterocycles. The van der Waals surface area contributed by atoms with Gasteiger partial charge in [0.15, 0.2) is 22.7 Å². The number of nitrogen functional groups attached to an aromatic ring is 1. The number of nitrogens with one attached hydrogen (secondary N) is 11. The van der Waals surface area contributed by atoms with Gasteiger partial charge in [0.1, 0.15) is 78.4 Å². The molecule has 0 saturated carbocycles. The molecular formula is C88H122BN17O36S2. The average molecular weight is 2070 g/mol. The number of nitrogens with zero attached hydrogens (tertiary/aromatic N) is 5. The number of hydrogen-bond donors (Lipinski definition) is 29. The predicted molar refractivity (Wildman–Crippen MR) is 503 cm³/mol. The average Bonchev–Trinajstić information content (AvgIpc) is 0.870. The zero-order chi connectivity index (χ0) is 106. The third-order valence-electron chi connectivity index (χ3n) is 23.2. The number of aromatic amines is 1. The number of aromatic nitrogens is 6. The number of carboxylic acids is 4. The van der Waals surface area contributed by atoms with Crippen LogP contribution in [0.3, 0.4) is 0 Å². The number of benzene rings is 2. The Bertz CT molecular complexity index is 5250. The van der Waals surface area contributed by atoms with Crippen molar-refractivity contribution in [2.24, 2.45) is 23.7 Å². The zero-order valence-corrected chi connectivity index (χ0v) is 79.7. The van der Waals surface area contributed by atoms with Crippen LogP contribution in [0.1, 0.15) is 154 Å². The standard InChI is InChI=1S/C88H122BN17O36S2/c1-41(2)24-65-89-141-38-64(142-89)77(129)74(126)61(114)35-96-68(119)21-12-46(82(133)103-56(87(139)140)40-144-143-39-49-31-93-55(32-92-49)84(135)102-54(83(134)104-65)25-42-6-4-3-5-7-42)28-58(111)52(18-23-70(122)123)100-81(132)45(11-20-67(118)95-34-60(113)73(125)76(128)63(116)37-108)27-57(110)51(17-22-69(120)121)99-80(131)44(10-19-66(117)94-33-59(112)72(124)75(127)62(115)36-107)26-50(109)15-16-53(86(137)138)101-79(130)43-8-13-47(14-9-43)91-29-48-30-97-78-71(98-48)85(136)106-88(90)105-78/h3-9,13-14,30-32,41,44-46,51-54,56,59-65,72-77,91,107-108,112-116,124-129H,10-12,15-29,33-40H2,1-2H3,(H,94,117)(H,95,118)(H,96,119)(H,99,131)(H,100,132)(H,101,130)(H,102,135)(H,103,133)(H,104,134)(H,120,121)(H,122,123)(H,137,138)(H,139,140)(H3,90,97,105,106,136)/t44-,45-,46-,51+,52+,53+,54+,56+,59+,60+,61+,62-,63-,64-,65+,72-,73-,74-,75-,76-,77-/m1/s1. The summed E-state index contributed by atoms with van der Waals surface area (Å²) in [6, 6.07) is 5.05. The smallest absolute Gasteiger partial charge is 0.481 e. The van der Waals surface area contributed by atoms with Gasteiger partial charge < -0.3 is 155 Å². The van der Waals surface area contributed by atoms with E-state index in [0.29, 0.717) is 11.3 Å². The minimum Gasteiger partial charge on any atom is -0.481 e. The van der Waals surface area contributed by atoms with Crippen LogP contribution in [0.25, 0.3) is 11.2 Å². The van der Waals surface area contributed by atoms with Crippen LogP contribution in [0.2, 0.25) is 0 Å². The van der Waals surface area contributed by atoms with Crippen molar-refractivity contribution in [1.82, 2.24) is 77.8 Å². The van der Waals surface area contributed by atoms with Gasteiger partial charge in [-0.25, -0.2) is 24.5 Å². The van der Waals surface area contributed by atoms with E-state index in [2.05, 4.69) is 83.1 Å². The van der Waals surface area contributed by atoms with Crippen molar-refractivity contribution >= 4 is 146 Å². The van der Waals surface area contributed by atoms with Gasteiger partial charge in [0.2, 0.25) is 47.3 Å². The van der Waals surface area contributed by atoms with Crippen LogP contribution in [0.5, 0.6) is 0 Å². The molecule has 56 heteroatoms. The molecule has 0 spiro atoms. The van der Waals surface area contributed by atoms with E-state index in [0.717, 1.165) is 27.8 Å². The second-order valence-corrected chi connectivity index (χ2v) is 37.3. The highest BCUT2D eigenvalue weighted by atomic mass is 33.1. The number of aliphatic hydroxyl groups excluding tert-OH is 13. The van der Waals surface area contributed by atoms with Crippen molar-refractivity contribution in [3.63, 3.8) is 0 Å². The van der Waals surface area contributed by atoms with Crippen molar-refractivity contribution in [3.05, 3.63) is 112 Å². The molecule has 0 radical (unpaired) electrons. The van der Waals surface area contributed by atoms with Crippen molar-refractivity contribution in [1.29, 1.82) is 0 Å². The van der Waals surface area contributed by atoms with Crippen LogP contribution in [-0.4, -0.2) is 373 Å². The van der Waals surface area contributed by atoms with Gasteiger partial charge in [-0.3, -0.25) is 81.9 Å². The molecule has 21 atom stereocenters. The van der Waals surface area contributed by atoms with Gasteiger partial charge in [-0.05, 0) is 80.7 Å². The summed E-state index contributed by atoms with van der Waals surface area (Å²) in [6.07, 6.45) is -33.8. The molecule has 4 bridgehead atoms. The SMILES string of the molecule is CC(C)C[C@@H]1NC(=O)[C@H](Cc2ccccc2)NC(=O)c2cnc(cn2)CSSC[C@@H](C(=O)O)NC(=O)[C@@H](CC(=O)[C@H](CCC(=O)O)NC(=O)[C@H](CCC(=O)NC[C@H](O)[C@@H](O)[C@H](O)[C@H](O)CO)CC(=O)[C@H](CCC(=O)O)NC(=O)[C@H](CCC(=O)NC[C@H](O)[C@@H](O)[C@H](O)[C@H](O)CO)CC(=O)CC[C@H](NC(=O)c2ccc(NCc3cnc4nc(N)[nH]c(=O)c4n3)cc2)C(=O)O)CCC(=O)NC[C@H](O)[C@@H](O)[C@H](O)[C@H]2COB1O2. The second kappa shape index (κ2) is 59.2. The van der Waals surface area contributed by atoms with Gasteiger partial charge in [0.05, 0.1) is 98.8 Å². The second-order valence-electron chi connectivity index (χ2n) is 34.8. The minimum absolute atomic E-state index is 0.00354. The van der Waals surface area contributed by atoms with E-state index in [1.54, 1.807) is 30.3 Å². The van der Waals surface area contributed by atoms with Crippen LogP contribution < -0.4 is 64.5 Å². The molecule has 6 heterocycles. The van der Waals surface area contributed by atoms with Gasteiger partial charge in [0, 0.05) is 124 Å². The first-order valence-corrected chi connectivity index (χ1v) is 48.2. The number of rotatable bonds is 50. The van der Waals surface area contributed by atoms with Crippen LogP contribution in [0.15, 0.2) is 78.0 Å². The van der Waals surface area contributed by atoms with Crippen LogP contribution in [0.4, 0.5) is 11.6 Å². The quantitative estimate of drug-likeness (QED) is 0.0127. The summed E-state index contributed by atoms with van der Waals surface area (Å²) in [5.41, 5.74) is 6.09. The summed E-state index contributed by atoms with van der Waals surface area (Å²) in [6.45, 7) is -1.59. The lowest BCUT2D eigenvalue weighted by Crippen LogP contribution is -2.56. The highest BCUT2D eigenvalue weighted by molar-refractivity contribution is 8.76. The highest BCUT2D eigenvalue weighted by Gasteiger charge is 2.46. The van der Waals surface area contributed by atoms with Crippen molar-refractivity contribution in [2.75, 3.05) is 56.3 Å². The molecule has 3 aliphatic heterocycles. The third-order valence-corrected chi connectivity index (χ3v) is 25.5. The number of carbonyl (C=O) groups excluding carboxylic acids is 12. The fourth-order valence-electron chi connectivity index (χ4n) is 14.8. The van der Waals surface area contributed by atoms with E-state index in [1.807, 2.05) is 13.8 Å². The number of hydrogen-bond acceptors (Lipinski definition) is 41. The molecule has 3 aliphatic rings. The van der Waals surface area contributed by atoms with Crippen LogP contribution in [-0.2, 0) is 95.2 Å². The Kier molecular flexibility index (Phi) is 48.7. The van der Waals surface area contributed by atoms with Crippen LogP contribution >= 0.6 is 21.6 Å². The summed E-state index contributed by atoms with van der Waals surface area (Å²) in [7, 11) is 0.588. The van der Waals surface area contributed by atoms with Crippen molar-refractivity contribution in [2.45, 2.75) is 245 Å². The molecule has 144 heavy (non-hydrogen) atoms. The number of carboxylic acid groups (broad SMARTS) is 4. The van der Waals surface area contributed by atoms with Gasteiger partial charge in [-0.15, -0.1) is 0 Å². The molecule has 5 aromatic rings. The molecule has 8 rings (SSSR count). The monoisotopic (exact) mass is 2070 g/mol. The number of carbonyl (C=O) groups is 16.